The third-order valence-corrected chi connectivity index (χ3v) is 5.56. The Labute approximate surface area is 162 Å². The largest absolute Gasteiger partial charge is 0.391 e. The molecule has 0 radical (unpaired) electrons. The van der Waals surface area contributed by atoms with Crippen molar-refractivity contribution in [2.75, 3.05) is 10.6 Å². The second-order valence-electron chi connectivity index (χ2n) is 7.93. The van der Waals surface area contributed by atoms with Gasteiger partial charge < -0.3 is 21.1 Å². The molecule has 5 rings (SSSR count). The van der Waals surface area contributed by atoms with E-state index in [0.717, 1.165) is 43.5 Å². The lowest BCUT2D eigenvalue weighted by molar-refractivity contribution is -0.115. The third-order valence-electron chi connectivity index (χ3n) is 5.56. The molecule has 2 aliphatic carbocycles. The van der Waals surface area contributed by atoms with Gasteiger partial charge in [0.05, 0.1) is 18.3 Å². The number of hydrogen-bond donors (Lipinski definition) is 4. The molecule has 4 N–H and O–H groups in total. The molecule has 3 fully saturated rings. The highest BCUT2D eigenvalue weighted by Gasteiger charge is 2.27. The molecule has 0 bridgehead atoms. The van der Waals surface area contributed by atoms with Crippen molar-refractivity contribution in [1.29, 1.82) is 0 Å². The Kier molecular flexibility index (Phi) is 4.08. The highest BCUT2D eigenvalue weighted by atomic mass is 16.3. The second kappa shape index (κ2) is 6.63. The molecule has 1 amide bonds. The summed E-state index contributed by atoms with van der Waals surface area (Å²) in [7, 11) is 0. The molecule has 0 spiro atoms. The summed E-state index contributed by atoms with van der Waals surface area (Å²) in [6.07, 6.45) is 8.77. The van der Waals surface area contributed by atoms with Crippen LogP contribution < -0.4 is 16.0 Å². The van der Waals surface area contributed by atoms with Crippen LogP contribution in [0, 0.1) is 0 Å². The van der Waals surface area contributed by atoms with E-state index in [1.807, 2.05) is 12.1 Å². The van der Waals surface area contributed by atoms with Crippen molar-refractivity contribution in [3.05, 3.63) is 35.7 Å². The molecule has 1 aliphatic heterocycles. The van der Waals surface area contributed by atoms with E-state index in [-0.39, 0.29) is 18.1 Å². The van der Waals surface area contributed by atoms with Gasteiger partial charge in [-0.3, -0.25) is 4.79 Å². The number of nitrogens with zero attached hydrogens (tertiary/aromatic N) is 3. The molecule has 2 aromatic rings. The smallest absolute Gasteiger partial charge is 0.251 e. The molecule has 8 heteroatoms. The van der Waals surface area contributed by atoms with E-state index in [0.29, 0.717) is 35.2 Å². The molecular weight excluding hydrogens is 356 g/mol. The van der Waals surface area contributed by atoms with Crippen LogP contribution in [0.4, 0.5) is 11.6 Å². The number of nitrogens with one attached hydrogen (secondary N) is 3. The number of carbonyl (C=O) groups excluding carboxylic acids is 1. The summed E-state index contributed by atoms with van der Waals surface area (Å²) in [6.45, 7) is 3.83. The van der Waals surface area contributed by atoms with Crippen LogP contribution in [0.2, 0.25) is 0 Å². The minimum absolute atomic E-state index is 0.0115. The average Bonchev–Trinajstić information content (AvgIpc) is 3.10. The number of aliphatic hydroxyl groups is 1. The molecule has 3 aliphatic rings. The molecule has 28 heavy (non-hydrogen) atoms. The number of amides is 1. The van der Waals surface area contributed by atoms with Gasteiger partial charge in [0.25, 0.3) is 5.91 Å². The summed E-state index contributed by atoms with van der Waals surface area (Å²) in [5.41, 5.74) is 2.82. The number of aromatic nitrogens is 3. The Bertz CT molecular complexity index is 990. The fourth-order valence-corrected chi connectivity index (χ4v) is 3.89. The third kappa shape index (κ3) is 3.24. The number of anilines is 2. The lowest BCUT2D eigenvalue weighted by Crippen LogP contribution is -2.28. The fraction of sp³-hybridized carbons (Fsp3) is 0.450. The van der Waals surface area contributed by atoms with Gasteiger partial charge in [0.1, 0.15) is 11.6 Å². The standard InChI is InChI=1S/C20H24N6O2/c1-11-7-12(20(28)22-11)8-13-10-21-26-18(23-14-5-6-14)9-17(25-19(13)26)24-15-3-2-4-16(15)27/h8-10,14-16,23,27H,1-7H2,(H,22,28)(H,24,25)/b12-8+/t15?,16-/m0/s1. The molecule has 1 unspecified atom stereocenters. The second-order valence-corrected chi connectivity index (χ2v) is 7.93. The van der Waals surface area contributed by atoms with Gasteiger partial charge in [-0.2, -0.15) is 9.61 Å². The summed E-state index contributed by atoms with van der Waals surface area (Å²) < 4.78 is 1.78. The lowest BCUT2D eigenvalue weighted by Gasteiger charge is -2.18. The Hall–Kier alpha value is -2.87. The van der Waals surface area contributed by atoms with Crippen LogP contribution in [0.5, 0.6) is 0 Å². The monoisotopic (exact) mass is 380 g/mol. The van der Waals surface area contributed by atoms with Crippen molar-refractivity contribution < 1.29 is 9.90 Å². The number of hydrogen-bond acceptors (Lipinski definition) is 6. The molecule has 1 saturated heterocycles. The van der Waals surface area contributed by atoms with Crippen molar-refractivity contribution in [3.63, 3.8) is 0 Å². The maximum atomic E-state index is 12.1. The zero-order valence-corrected chi connectivity index (χ0v) is 15.6. The first kappa shape index (κ1) is 17.2. The Morgan fingerprint density at radius 1 is 1.29 bits per heavy atom. The van der Waals surface area contributed by atoms with Gasteiger partial charge in [-0.15, -0.1) is 0 Å². The van der Waals surface area contributed by atoms with E-state index in [1.165, 1.54) is 0 Å². The molecule has 3 heterocycles. The van der Waals surface area contributed by atoms with Crippen LogP contribution in [0.3, 0.4) is 0 Å². The minimum Gasteiger partial charge on any atom is -0.391 e. The van der Waals surface area contributed by atoms with Crippen LogP contribution in [0.1, 0.15) is 44.1 Å². The van der Waals surface area contributed by atoms with Gasteiger partial charge >= 0.3 is 0 Å². The number of aliphatic hydroxyl groups excluding tert-OH is 1. The summed E-state index contributed by atoms with van der Waals surface area (Å²) in [4.78, 5) is 16.8. The highest BCUT2D eigenvalue weighted by molar-refractivity contribution is 6.02. The predicted octanol–water partition coefficient (Wildman–Crippen LogP) is 2.05. The number of allylic oxidation sites excluding steroid dienone is 1. The van der Waals surface area contributed by atoms with E-state index < -0.39 is 0 Å². The Morgan fingerprint density at radius 2 is 2.14 bits per heavy atom. The Balaban J connectivity index is 1.54. The zero-order valence-electron chi connectivity index (χ0n) is 15.6. The zero-order chi connectivity index (χ0) is 19.3. The van der Waals surface area contributed by atoms with Crippen molar-refractivity contribution in [2.24, 2.45) is 0 Å². The highest BCUT2D eigenvalue weighted by Crippen LogP contribution is 2.29. The van der Waals surface area contributed by atoms with Crippen LogP contribution in [0.15, 0.2) is 30.1 Å². The quantitative estimate of drug-likeness (QED) is 0.592. The SMILES string of the molecule is C=C1C/C(=C\c2cnn3c(NC4CC4)cc(NC4CCC[C@@H]4O)nc23)C(=O)N1. The van der Waals surface area contributed by atoms with Crippen LogP contribution >= 0.6 is 0 Å². The maximum absolute atomic E-state index is 12.1. The van der Waals surface area contributed by atoms with Gasteiger partial charge in [0, 0.05) is 35.4 Å². The number of fused-ring (bicyclic) bond motifs is 1. The van der Waals surface area contributed by atoms with Gasteiger partial charge in [-0.05, 0) is 38.2 Å². The topological polar surface area (TPSA) is 104 Å². The summed E-state index contributed by atoms with van der Waals surface area (Å²) in [6, 6.07) is 2.42. The molecule has 2 saturated carbocycles. The van der Waals surface area contributed by atoms with E-state index >= 15 is 0 Å². The summed E-state index contributed by atoms with van der Waals surface area (Å²) in [5.74, 6) is 1.46. The maximum Gasteiger partial charge on any atom is 0.251 e. The molecule has 8 nitrogen and oxygen atoms in total. The summed E-state index contributed by atoms with van der Waals surface area (Å²) in [5, 5.41) is 24.3. The van der Waals surface area contributed by atoms with E-state index in [1.54, 1.807) is 10.7 Å². The van der Waals surface area contributed by atoms with Crippen molar-refractivity contribution in [1.82, 2.24) is 19.9 Å². The van der Waals surface area contributed by atoms with Crippen LogP contribution in [-0.2, 0) is 4.79 Å². The van der Waals surface area contributed by atoms with Gasteiger partial charge in [-0.1, -0.05) is 6.58 Å². The molecule has 146 valence electrons. The van der Waals surface area contributed by atoms with E-state index in [2.05, 4.69) is 27.6 Å². The molecule has 0 aromatic carbocycles. The van der Waals surface area contributed by atoms with Crippen molar-refractivity contribution in [2.45, 2.75) is 56.7 Å². The molecular formula is C20H24N6O2. The first-order chi connectivity index (χ1) is 13.6. The van der Waals surface area contributed by atoms with Crippen molar-refractivity contribution in [3.8, 4) is 0 Å². The fourth-order valence-electron chi connectivity index (χ4n) is 3.89. The van der Waals surface area contributed by atoms with Gasteiger partial charge in [-0.25, -0.2) is 4.98 Å². The van der Waals surface area contributed by atoms with E-state index in [4.69, 9.17) is 4.98 Å². The predicted molar refractivity (Wildman–Crippen MR) is 107 cm³/mol. The normalized spacial score (nSPS) is 26.2. The van der Waals surface area contributed by atoms with Crippen LogP contribution in [-0.4, -0.2) is 43.8 Å². The summed E-state index contributed by atoms with van der Waals surface area (Å²) >= 11 is 0. The molecule has 2 aromatic heterocycles. The molecule has 2 atom stereocenters. The van der Waals surface area contributed by atoms with Crippen molar-refractivity contribution >= 4 is 29.3 Å². The van der Waals surface area contributed by atoms with Gasteiger partial charge in [0.15, 0.2) is 5.65 Å². The lowest BCUT2D eigenvalue weighted by atomic mass is 10.1. The first-order valence-corrected chi connectivity index (χ1v) is 9.86. The minimum atomic E-state index is -0.349. The number of carbonyl (C=O) groups is 1. The van der Waals surface area contributed by atoms with Gasteiger partial charge in [0.2, 0.25) is 0 Å². The van der Waals surface area contributed by atoms with E-state index in [9.17, 15) is 9.90 Å². The van der Waals surface area contributed by atoms with Crippen LogP contribution in [0.25, 0.3) is 11.7 Å². The average molecular weight is 380 g/mol. The first-order valence-electron chi connectivity index (χ1n) is 9.86. The Morgan fingerprint density at radius 3 is 2.82 bits per heavy atom. The number of rotatable bonds is 5.